The number of oxime groups is 1. The summed E-state index contributed by atoms with van der Waals surface area (Å²) in [4.78, 5) is 11.6. The first-order chi connectivity index (χ1) is 7.52. The van der Waals surface area contributed by atoms with Gasteiger partial charge in [-0.15, -0.1) is 0 Å². The number of nitrogens with two attached hydrogens (primary N) is 1. The van der Waals surface area contributed by atoms with Crippen LogP contribution < -0.4 is 11.1 Å². The van der Waals surface area contributed by atoms with Crippen LogP contribution in [-0.2, 0) is 0 Å². The fraction of sp³-hybridized carbons (Fsp3) is 0.200. The molecule has 4 N–H and O–H groups in total. The Morgan fingerprint density at radius 2 is 2.25 bits per heavy atom. The molecule has 1 amide bonds. The van der Waals surface area contributed by atoms with Gasteiger partial charge in [-0.3, -0.25) is 4.79 Å². The molecule has 0 atom stereocenters. The lowest BCUT2D eigenvalue weighted by atomic mass is 10.1. The largest absolute Gasteiger partial charge is 0.409 e. The Bertz CT molecular complexity index is 412. The summed E-state index contributed by atoms with van der Waals surface area (Å²) in [6, 6.07) is 5.01. The molecule has 0 aromatic heterocycles. The minimum Gasteiger partial charge on any atom is -0.409 e. The van der Waals surface area contributed by atoms with Crippen molar-refractivity contribution in [1.82, 2.24) is 5.32 Å². The molecule has 5 nitrogen and oxygen atoms in total. The third-order valence-corrected chi connectivity index (χ3v) is 2.08. The lowest BCUT2D eigenvalue weighted by Gasteiger charge is -2.05. The average molecular weight is 242 g/mol. The number of nitrogens with one attached hydrogen (secondary N) is 1. The number of hydrogen-bond donors (Lipinski definition) is 3. The van der Waals surface area contributed by atoms with Crippen LogP contribution in [0.25, 0.3) is 0 Å². The molecule has 16 heavy (non-hydrogen) atoms. The zero-order valence-electron chi connectivity index (χ0n) is 8.70. The maximum absolute atomic E-state index is 11.6. The second kappa shape index (κ2) is 5.37. The molecule has 0 saturated heterocycles. The molecule has 0 spiro atoms. The van der Waals surface area contributed by atoms with Gasteiger partial charge in [0.15, 0.2) is 5.84 Å². The van der Waals surface area contributed by atoms with E-state index in [1.54, 1.807) is 18.2 Å². The number of amides is 1. The lowest BCUT2D eigenvalue weighted by Crippen LogP contribution is -2.33. The summed E-state index contributed by atoms with van der Waals surface area (Å²) in [6.07, 6.45) is 0. The van der Waals surface area contributed by atoms with Crippen LogP contribution in [0.1, 0.15) is 15.9 Å². The molecule has 1 aromatic carbocycles. The summed E-state index contributed by atoms with van der Waals surface area (Å²) in [7, 11) is 0. The molecule has 6 heteroatoms. The maximum atomic E-state index is 11.6. The summed E-state index contributed by atoms with van der Waals surface area (Å²) in [5.74, 6) is -0.385. The second-order valence-corrected chi connectivity index (χ2v) is 3.73. The average Bonchev–Trinajstić information content (AvgIpc) is 2.23. The van der Waals surface area contributed by atoms with Gasteiger partial charge in [0.2, 0.25) is 0 Å². The highest BCUT2D eigenvalue weighted by molar-refractivity contribution is 6.31. The van der Waals surface area contributed by atoms with Crippen molar-refractivity contribution >= 4 is 23.3 Å². The van der Waals surface area contributed by atoms with Crippen LogP contribution in [0.2, 0.25) is 5.02 Å². The third-order valence-electron chi connectivity index (χ3n) is 1.86. The number of hydrogen-bond acceptors (Lipinski definition) is 3. The number of aryl methyl sites for hydroxylation is 1. The summed E-state index contributed by atoms with van der Waals surface area (Å²) >= 11 is 5.82. The van der Waals surface area contributed by atoms with E-state index in [9.17, 15) is 4.79 Å². The molecular formula is C10H12ClN3O2. The summed E-state index contributed by atoms with van der Waals surface area (Å²) in [6.45, 7) is 1.83. The highest BCUT2D eigenvalue weighted by Gasteiger charge is 2.07. The fourth-order valence-corrected chi connectivity index (χ4v) is 1.47. The number of carbonyl (C=O) groups excluding carboxylic acids is 1. The molecule has 0 aliphatic heterocycles. The highest BCUT2D eigenvalue weighted by Crippen LogP contribution is 2.14. The van der Waals surface area contributed by atoms with Crippen molar-refractivity contribution in [1.29, 1.82) is 0 Å². The Balaban J connectivity index is 2.73. The van der Waals surface area contributed by atoms with E-state index in [1.807, 2.05) is 6.92 Å². The number of rotatable bonds is 3. The van der Waals surface area contributed by atoms with Gasteiger partial charge in [-0.1, -0.05) is 16.8 Å². The van der Waals surface area contributed by atoms with Crippen LogP contribution in [0.5, 0.6) is 0 Å². The zero-order valence-corrected chi connectivity index (χ0v) is 9.45. The van der Waals surface area contributed by atoms with E-state index in [1.165, 1.54) is 0 Å². The molecule has 1 aromatic rings. The maximum Gasteiger partial charge on any atom is 0.251 e. The van der Waals surface area contributed by atoms with Gasteiger partial charge in [0.05, 0.1) is 6.54 Å². The minimum atomic E-state index is -0.322. The van der Waals surface area contributed by atoms with Gasteiger partial charge in [0.25, 0.3) is 5.91 Å². The van der Waals surface area contributed by atoms with Gasteiger partial charge in [-0.05, 0) is 30.7 Å². The highest BCUT2D eigenvalue weighted by atomic mass is 35.5. The summed E-state index contributed by atoms with van der Waals surface area (Å²) in [5, 5.41) is 14.0. The molecular weight excluding hydrogens is 230 g/mol. The van der Waals surface area contributed by atoms with Crippen LogP contribution in [0, 0.1) is 6.92 Å². The van der Waals surface area contributed by atoms with Gasteiger partial charge in [-0.25, -0.2) is 0 Å². The SMILES string of the molecule is Cc1cc(Cl)cc(C(=O)NC/C(N)=N/O)c1. The number of halogens is 1. The minimum absolute atomic E-state index is 0.0130. The normalized spacial score (nSPS) is 11.2. The van der Waals surface area contributed by atoms with E-state index in [0.29, 0.717) is 10.6 Å². The summed E-state index contributed by atoms with van der Waals surface area (Å²) < 4.78 is 0. The Morgan fingerprint density at radius 1 is 1.56 bits per heavy atom. The van der Waals surface area contributed by atoms with Crippen LogP contribution in [0.3, 0.4) is 0 Å². The lowest BCUT2D eigenvalue weighted by molar-refractivity contribution is 0.0959. The van der Waals surface area contributed by atoms with E-state index >= 15 is 0 Å². The van der Waals surface area contributed by atoms with E-state index < -0.39 is 0 Å². The van der Waals surface area contributed by atoms with Gasteiger partial charge >= 0.3 is 0 Å². The molecule has 0 heterocycles. The Kier molecular flexibility index (Phi) is 4.13. The Hall–Kier alpha value is -1.75. The number of amidine groups is 1. The molecule has 0 bridgehead atoms. The first-order valence-electron chi connectivity index (χ1n) is 4.54. The van der Waals surface area contributed by atoms with Crippen molar-refractivity contribution in [2.75, 3.05) is 6.54 Å². The predicted octanol–water partition coefficient (Wildman–Crippen LogP) is 1.12. The monoisotopic (exact) mass is 241 g/mol. The summed E-state index contributed by atoms with van der Waals surface area (Å²) in [5.41, 5.74) is 6.55. The Labute approximate surface area is 97.9 Å². The standard InChI is InChI=1S/C10H12ClN3O2/c1-6-2-7(4-8(11)3-6)10(15)13-5-9(12)14-16/h2-4,16H,5H2,1H3,(H2,12,14)(H,13,15). The van der Waals surface area contributed by atoms with Gasteiger partial charge in [0.1, 0.15) is 0 Å². The van der Waals surface area contributed by atoms with Gasteiger partial charge in [0, 0.05) is 10.6 Å². The van der Waals surface area contributed by atoms with Crippen LogP contribution in [0.4, 0.5) is 0 Å². The molecule has 0 aliphatic carbocycles. The van der Waals surface area contributed by atoms with E-state index in [2.05, 4.69) is 10.5 Å². The van der Waals surface area contributed by atoms with Crippen molar-refractivity contribution < 1.29 is 10.0 Å². The zero-order chi connectivity index (χ0) is 12.1. The molecule has 0 radical (unpaired) electrons. The van der Waals surface area contributed by atoms with Crippen molar-refractivity contribution in [2.45, 2.75) is 6.92 Å². The third kappa shape index (κ3) is 3.43. The van der Waals surface area contributed by atoms with Crippen LogP contribution in [0.15, 0.2) is 23.4 Å². The van der Waals surface area contributed by atoms with Crippen LogP contribution >= 0.6 is 11.6 Å². The number of benzene rings is 1. The van der Waals surface area contributed by atoms with Gasteiger partial charge in [-0.2, -0.15) is 0 Å². The molecule has 0 saturated carbocycles. The van der Waals surface area contributed by atoms with Crippen molar-refractivity contribution in [3.63, 3.8) is 0 Å². The first kappa shape index (κ1) is 12.3. The van der Waals surface area contributed by atoms with Crippen molar-refractivity contribution in [2.24, 2.45) is 10.9 Å². The van der Waals surface area contributed by atoms with E-state index in [-0.39, 0.29) is 18.3 Å². The quantitative estimate of drug-likeness (QED) is 0.321. The van der Waals surface area contributed by atoms with E-state index in [0.717, 1.165) is 5.56 Å². The van der Waals surface area contributed by atoms with Crippen molar-refractivity contribution in [3.8, 4) is 0 Å². The molecule has 0 unspecified atom stereocenters. The molecule has 0 fully saturated rings. The first-order valence-corrected chi connectivity index (χ1v) is 4.92. The molecule has 1 rings (SSSR count). The number of nitrogens with zero attached hydrogens (tertiary/aromatic N) is 1. The fourth-order valence-electron chi connectivity index (χ4n) is 1.18. The number of carbonyl (C=O) groups is 1. The van der Waals surface area contributed by atoms with Crippen LogP contribution in [-0.4, -0.2) is 23.5 Å². The smallest absolute Gasteiger partial charge is 0.251 e. The van der Waals surface area contributed by atoms with Gasteiger partial charge < -0.3 is 16.3 Å². The second-order valence-electron chi connectivity index (χ2n) is 3.29. The molecule has 86 valence electrons. The predicted molar refractivity (Wildman–Crippen MR) is 61.9 cm³/mol. The Morgan fingerprint density at radius 3 is 2.81 bits per heavy atom. The topological polar surface area (TPSA) is 87.7 Å². The van der Waals surface area contributed by atoms with Crippen molar-refractivity contribution in [3.05, 3.63) is 34.3 Å². The molecule has 0 aliphatic rings. The van der Waals surface area contributed by atoms with E-state index in [4.69, 9.17) is 22.5 Å².